The van der Waals surface area contributed by atoms with E-state index in [9.17, 15) is 0 Å². The molecule has 0 amide bonds. The SMILES string of the molecule is CC.NC/C=C\COc1ccccc1. The predicted octanol–water partition coefficient (Wildman–Crippen LogP) is 2.61. The van der Waals surface area contributed by atoms with E-state index in [1.54, 1.807) is 0 Å². The van der Waals surface area contributed by atoms with Gasteiger partial charge in [-0.1, -0.05) is 44.2 Å². The monoisotopic (exact) mass is 193 g/mol. The fourth-order valence-corrected chi connectivity index (χ4v) is 0.825. The topological polar surface area (TPSA) is 35.2 Å². The van der Waals surface area contributed by atoms with Crippen molar-refractivity contribution in [3.05, 3.63) is 42.5 Å². The molecule has 1 aromatic rings. The van der Waals surface area contributed by atoms with E-state index in [1.165, 1.54) is 0 Å². The first-order valence-corrected chi connectivity index (χ1v) is 4.96. The largest absolute Gasteiger partial charge is 0.490 e. The zero-order valence-corrected chi connectivity index (χ0v) is 8.94. The summed E-state index contributed by atoms with van der Waals surface area (Å²) in [6, 6.07) is 9.71. The Kier molecular flexibility index (Phi) is 8.91. The molecule has 1 aromatic carbocycles. The first kappa shape index (κ1) is 12.7. The summed E-state index contributed by atoms with van der Waals surface area (Å²) in [6.45, 7) is 5.15. The molecule has 0 saturated carbocycles. The quantitative estimate of drug-likeness (QED) is 0.746. The third-order valence-electron chi connectivity index (χ3n) is 1.39. The predicted molar refractivity (Wildman–Crippen MR) is 61.5 cm³/mol. The Morgan fingerprint density at radius 1 is 1.14 bits per heavy atom. The molecule has 0 radical (unpaired) electrons. The lowest BCUT2D eigenvalue weighted by molar-refractivity contribution is 0.362. The highest BCUT2D eigenvalue weighted by atomic mass is 16.5. The van der Waals surface area contributed by atoms with Crippen LogP contribution < -0.4 is 10.5 Å². The number of ether oxygens (including phenoxy) is 1. The van der Waals surface area contributed by atoms with Crippen LogP contribution in [-0.2, 0) is 0 Å². The minimum absolute atomic E-state index is 0.568. The fourth-order valence-electron chi connectivity index (χ4n) is 0.825. The molecule has 0 heterocycles. The Labute approximate surface area is 86.4 Å². The fraction of sp³-hybridized carbons (Fsp3) is 0.333. The van der Waals surface area contributed by atoms with E-state index in [4.69, 9.17) is 10.5 Å². The molecule has 2 N–H and O–H groups in total. The van der Waals surface area contributed by atoms with Gasteiger partial charge in [-0.25, -0.2) is 0 Å². The maximum atomic E-state index is 5.37. The molecule has 0 saturated heterocycles. The average Bonchev–Trinajstić information content (AvgIpc) is 2.29. The van der Waals surface area contributed by atoms with E-state index in [0.717, 1.165) is 5.75 Å². The molecule has 0 unspecified atom stereocenters. The Hall–Kier alpha value is -1.28. The Morgan fingerprint density at radius 2 is 1.79 bits per heavy atom. The van der Waals surface area contributed by atoms with Crippen LogP contribution in [0.15, 0.2) is 42.5 Å². The number of hydrogen-bond acceptors (Lipinski definition) is 2. The van der Waals surface area contributed by atoms with Gasteiger partial charge < -0.3 is 10.5 Å². The first-order chi connectivity index (χ1) is 6.93. The lowest BCUT2D eigenvalue weighted by atomic mass is 10.3. The highest BCUT2D eigenvalue weighted by molar-refractivity contribution is 5.21. The van der Waals surface area contributed by atoms with Gasteiger partial charge >= 0.3 is 0 Å². The highest BCUT2D eigenvalue weighted by Gasteiger charge is 1.85. The van der Waals surface area contributed by atoms with E-state index in [0.29, 0.717) is 13.2 Å². The van der Waals surface area contributed by atoms with E-state index >= 15 is 0 Å². The van der Waals surface area contributed by atoms with Gasteiger partial charge in [-0.2, -0.15) is 0 Å². The molecule has 14 heavy (non-hydrogen) atoms. The van der Waals surface area contributed by atoms with Gasteiger partial charge in [-0.05, 0) is 12.1 Å². The van der Waals surface area contributed by atoms with E-state index in [2.05, 4.69) is 0 Å². The minimum atomic E-state index is 0.568. The molecular formula is C12H19NO. The first-order valence-electron chi connectivity index (χ1n) is 4.96. The van der Waals surface area contributed by atoms with Crippen molar-refractivity contribution in [2.45, 2.75) is 13.8 Å². The third kappa shape index (κ3) is 6.26. The molecule has 2 nitrogen and oxygen atoms in total. The van der Waals surface area contributed by atoms with Crippen molar-refractivity contribution in [1.29, 1.82) is 0 Å². The smallest absolute Gasteiger partial charge is 0.119 e. The number of hydrogen-bond donors (Lipinski definition) is 1. The maximum absolute atomic E-state index is 5.37. The lowest BCUT2D eigenvalue weighted by Crippen LogP contribution is -1.96. The highest BCUT2D eigenvalue weighted by Crippen LogP contribution is 2.07. The van der Waals surface area contributed by atoms with Crippen LogP contribution in [-0.4, -0.2) is 13.2 Å². The molecule has 0 aliphatic rings. The van der Waals surface area contributed by atoms with Crippen LogP contribution in [0.2, 0.25) is 0 Å². The molecule has 0 aliphatic heterocycles. The van der Waals surface area contributed by atoms with Gasteiger partial charge in [0.2, 0.25) is 0 Å². The molecule has 2 heteroatoms. The maximum Gasteiger partial charge on any atom is 0.119 e. The molecule has 0 fully saturated rings. The van der Waals surface area contributed by atoms with Gasteiger partial charge in [0.05, 0.1) is 0 Å². The summed E-state index contributed by atoms with van der Waals surface area (Å²) < 4.78 is 5.37. The summed E-state index contributed by atoms with van der Waals surface area (Å²) in [5.74, 6) is 0.888. The zero-order chi connectivity index (χ0) is 10.6. The van der Waals surface area contributed by atoms with Crippen molar-refractivity contribution >= 4 is 0 Å². The van der Waals surface area contributed by atoms with E-state index < -0.39 is 0 Å². The Balaban J connectivity index is 0.000000791. The molecule has 0 aliphatic carbocycles. The normalized spacial score (nSPS) is 9.36. The third-order valence-corrected chi connectivity index (χ3v) is 1.39. The summed E-state index contributed by atoms with van der Waals surface area (Å²) >= 11 is 0. The minimum Gasteiger partial charge on any atom is -0.490 e. The van der Waals surface area contributed by atoms with Gasteiger partial charge in [0.15, 0.2) is 0 Å². The van der Waals surface area contributed by atoms with Gasteiger partial charge in [0.25, 0.3) is 0 Å². The lowest BCUT2D eigenvalue weighted by Gasteiger charge is -2.00. The summed E-state index contributed by atoms with van der Waals surface area (Å²) in [6.07, 6.45) is 3.79. The molecule has 0 bridgehead atoms. The van der Waals surface area contributed by atoms with Crippen LogP contribution in [0.3, 0.4) is 0 Å². The van der Waals surface area contributed by atoms with Gasteiger partial charge in [-0.15, -0.1) is 0 Å². The Morgan fingerprint density at radius 3 is 2.36 bits per heavy atom. The molecule has 0 spiro atoms. The van der Waals surface area contributed by atoms with Crippen LogP contribution >= 0.6 is 0 Å². The van der Waals surface area contributed by atoms with Crippen molar-refractivity contribution in [3.8, 4) is 5.75 Å². The summed E-state index contributed by atoms with van der Waals surface area (Å²) in [5.41, 5.74) is 5.27. The summed E-state index contributed by atoms with van der Waals surface area (Å²) in [5, 5.41) is 0. The molecular weight excluding hydrogens is 174 g/mol. The van der Waals surface area contributed by atoms with Crippen molar-refractivity contribution in [1.82, 2.24) is 0 Å². The van der Waals surface area contributed by atoms with E-state index in [-0.39, 0.29) is 0 Å². The van der Waals surface area contributed by atoms with Crippen LogP contribution in [0.4, 0.5) is 0 Å². The zero-order valence-electron chi connectivity index (χ0n) is 8.94. The second-order valence-electron chi connectivity index (χ2n) is 2.33. The summed E-state index contributed by atoms with van der Waals surface area (Å²) in [4.78, 5) is 0. The van der Waals surface area contributed by atoms with Crippen molar-refractivity contribution in [3.63, 3.8) is 0 Å². The van der Waals surface area contributed by atoms with Gasteiger partial charge in [0.1, 0.15) is 12.4 Å². The van der Waals surface area contributed by atoms with Crippen LogP contribution in [0.1, 0.15) is 13.8 Å². The van der Waals surface area contributed by atoms with Gasteiger partial charge in [-0.3, -0.25) is 0 Å². The number of para-hydroxylation sites is 1. The standard InChI is InChI=1S/C10H13NO.C2H6/c11-8-4-5-9-12-10-6-2-1-3-7-10;1-2/h1-7H,8-9,11H2;1-2H3/b5-4-;. The van der Waals surface area contributed by atoms with Crippen LogP contribution in [0, 0.1) is 0 Å². The molecule has 1 rings (SSSR count). The average molecular weight is 193 g/mol. The van der Waals surface area contributed by atoms with E-state index in [1.807, 2.05) is 56.3 Å². The van der Waals surface area contributed by atoms with Crippen molar-refractivity contribution in [2.75, 3.05) is 13.2 Å². The number of nitrogens with two attached hydrogens (primary N) is 1. The Bertz CT molecular complexity index is 231. The van der Waals surface area contributed by atoms with Crippen molar-refractivity contribution < 1.29 is 4.74 Å². The van der Waals surface area contributed by atoms with Crippen molar-refractivity contribution in [2.24, 2.45) is 5.73 Å². The van der Waals surface area contributed by atoms with Crippen LogP contribution in [0.5, 0.6) is 5.75 Å². The summed E-state index contributed by atoms with van der Waals surface area (Å²) in [7, 11) is 0. The number of rotatable bonds is 4. The molecule has 0 atom stereocenters. The number of benzene rings is 1. The van der Waals surface area contributed by atoms with Crippen LogP contribution in [0.25, 0.3) is 0 Å². The second kappa shape index (κ2) is 9.81. The molecule has 78 valence electrons. The second-order valence-corrected chi connectivity index (χ2v) is 2.33. The molecule has 0 aromatic heterocycles. The van der Waals surface area contributed by atoms with Gasteiger partial charge in [0, 0.05) is 6.54 Å².